The molecule has 0 bridgehead atoms. The molecular formula is C17H25N3O2. The third-order valence-corrected chi connectivity index (χ3v) is 3.69. The summed E-state index contributed by atoms with van der Waals surface area (Å²) in [5.74, 6) is 0.859. The molecule has 0 spiro atoms. The van der Waals surface area contributed by atoms with Crippen molar-refractivity contribution in [1.29, 1.82) is 5.26 Å². The van der Waals surface area contributed by atoms with Crippen molar-refractivity contribution in [2.45, 2.75) is 26.3 Å². The minimum Gasteiger partial charge on any atom is -0.492 e. The summed E-state index contributed by atoms with van der Waals surface area (Å²) in [6, 6.07) is 9.73. The number of amides is 1. The quantitative estimate of drug-likeness (QED) is 0.737. The van der Waals surface area contributed by atoms with Gasteiger partial charge in [-0.05, 0) is 33.0 Å². The fourth-order valence-electron chi connectivity index (χ4n) is 1.97. The van der Waals surface area contributed by atoms with Gasteiger partial charge in [0.15, 0.2) is 0 Å². The number of hydrogen-bond acceptors (Lipinski definition) is 4. The van der Waals surface area contributed by atoms with Gasteiger partial charge in [-0.1, -0.05) is 17.7 Å². The molecule has 22 heavy (non-hydrogen) atoms. The average Bonchev–Trinajstić information content (AvgIpc) is 2.52. The van der Waals surface area contributed by atoms with E-state index in [0.29, 0.717) is 26.1 Å². The first kappa shape index (κ1) is 18.0. The molecule has 1 unspecified atom stereocenters. The van der Waals surface area contributed by atoms with Crippen LogP contribution in [-0.4, -0.2) is 55.5 Å². The number of benzene rings is 1. The van der Waals surface area contributed by atoms with Crippen LogP contribution in [0.1, 0.15) is 18.9 Å². The van der Waals surface area contributed by atoms with E-state index in [2.05, 4.69) is 6.07 Å². The van der Waals surface area contributed by atoms with Gasteiger partial charge in [0.1, 0.15) is 12.4 Å². The van der Waals surface area contributed by atoms with Crippen molar-refractivity contribution in [3.05, 3.63) is 29.8 Å². The predicted octanol–water partition coefficient (Wildman–Crippen LogP) is 2.07. The standard InChI is InChI=1S/C17H25N3O2/c1-14-6-8-16(9-7-14)22-13-12-19(3)15(2)17(21)20(4)11-5-10-18/h6-9,15H,5,11-13H2,1-4H3. The van der Waals surface area contributed by atoms with Gasteiger partial charge >= 0.3 is 0 Å². The summed E-state index contributed by atoms with van der Waals surface area (Å²) in [4.78, 5) is 15.8. The molecule has 0 saturated carbocycles. The summed E-state index contributed by atoms with van der Waals surface area (Å²) in [7, 11) is 3.63. The van der Waals surface area contributed by atoms with Crippen LogP contribution in [0.2, 0.25) is 0 Å². The largest absolute Gasteiger partial charge is 0.492 e. The van der Waals surface area contributed by atoms with Gasteiger partial charge in [-0.25, -0.2) is 0 Å². The number of ether oxygens (including phenoxy) is 1. The lowest BCUT2D eigenvalue weighted by atomic mass is 10.2. The number of nitrogens with zero attached hydrogens (tertiary/aromatic N) is 3. The highest BCUT2D eigenvalue weighted by Crippen LogP contribution is 2.11. The zero-order chi connectivity index (χ0) is 16.5. The predicted molar refractivity (Wildman–Crippen MR) is 86.6 cm³/mol. The molecule has 1 amide bonds. The van der Waals surface area contributed by atoms with Gasteiger partial charge in [0.25, 0.3) is 0 Å². The number of likely N-dealkylation sites (N-methyl/N-ethyl adjacent to an activating group) is 2. The van der Waals surface area contributed by atoms with Crippen LogP contribution in [0.15, 0.2) is 24.3 Å². The van der Waals surface area contributed by atoms with Crippen LogP contribution in [0, 0.1) is 18.3 Å². The van der Waals surface area contributed by atoms with E-state index in [0.717, 1.165) is 5.75 Å². The van der Waals surface area contributed by atoms with Crippen molar-refractivity contribution in [3.63, 3.8) is 0 Å². The molecule has 0 aliphatic rings. The molecule has 0 saturated heterocycles. The van der Waals surface area contributed by atoms with Crippen molar-refractivity contribution >= 4 is 5.91 Å². The summed E-state index contributed by atoms with van der Waals surface area (Å²) >= 11 is 0. The molecular weight excluding hydrogens is 278 g/mol. The third kappa shape index (κ3) is 5.74. The van der Waals surface area contributed by atoms with Crippen LogP contribution in [-0.2, 0) is 4.79 Å². The Balaban J connectivity index is 2.37. The molecule has 120 valence electrons. The minimum absolute atomic E-state index is 0.0214. The second-order valence-electron chi connectivity index (χ2n) is 5.49. The molecule has 0 fully saturated rings. The highest BCUT2D eigenvalue weighted by atomic mass is 16.5. The molecule has 5 heteroatoms. The van der Waals surface area contributed by atoms with Crippen molar-refractivity contribution in [3.8, 4) is 11.8 Å². The number of nitriles is 1. The van der Waals surface area contributed by atoms with Gasteiger partial charge in [-0.3, -0.25) is 9.69 Å². The Morgan fingerprint density at radius 3 is 2.50 bits per heavy atom. The summed E-state index contributed by atoms with van der Waals surface area (Å²) in [6.07, 6.45) is 0.356. The molecule has 0 aliphatic heterocycles. The lowest BCUT2D eigenvalue weighted by Gasteiger charge is -2.27. The first-order valence-electron chi connectivity index (χ1n) is 7.47. The summed E-state index contributed by atoms with van der Waals surface area (Å²) < 4.78 is 5.68. The first-order chi connectivity index (χ1) is 10.5. The monoisotopic (exact) mass is 303 g/mol. The van der Waals surface area contributed by atoms with Gasteiger partial charge in [-0.15, -0.1) is 0 Å². The maximum atomic E-state index is 12.2. The third-order valence-electron chi connectivity index (χ3n) is 3.69. The van der Waals surface area contributed by atoms with Crippen LogP contribution >= 0.6 is 0 Å². The second kappa shape index (κ2) is 9.06. The van der Waals surface area contributed by atoms with E-state index < -0.39 is 0 Å². The first-order valence-corrected chi connectivity index (χ1v) is 7.47. The summed E-state index contributed by atoms with van der Waals surface area (Å²) in [5.41, 5.74) is 1.20. The van der Waals surface area contributed by atoms with Gasteiger partial charge in [0, 0.05) is 20.1 Å². The Kier molecular flexibility index (Phi) is 7.41. The van der Waals surface area contributed by atoms with E-state index >= 15 is 0 Å². The Bertz CT molecular complexity index is 508. The summed E-state index contributed by atoms with van der Waals surface area (Å²) in [5, 5.41) is 8.57. The van der Waals surface area contributed by atoms with Crippen molar-refractivity contribution in [1.82, 2.24) is 9.80 Å². The maximum absolute atomic E-state index is 12.2. The van der Waals surface area contributed by atoms with E-state index in [9.17, 15) is 4.79 Å². The number of hydrogen-bond donors (Lipinski definition) is 0. The fourth-order valence-corrected chi connectivity index (χ4v) is 1.97. The zero-order valence-electron chi connectivity index (χ0n) is 13.9. The van der Waals surface area contributed by atoms with Crippen LogP contribution < -0.4 is 4.74 Å². The number of carbonyl (C=O) groups excluding carboxylic acids is 1. The Morgan fingerprint density at radius 2 is 1.91 bits per heavy atom. The Labute approximate surface area is 133 Å². The van der Waals surface area contributed by atoms with Crippen LogP contribution in [0.4, 0.5) is 0 Å². The molecule has 1 rings (SSSR count). The number of rotatable bonds is 8. The van der Waals surface area contributed by atoms with E-state index in [-0.39, 0.29) is 11.9 Å². The molecule has 0 aromatic heterocycles. The van der Waals surface area contributed by atoms with E-state index in [1.165, 1.54) is 5.56 Å². The van der Waals surface area contributed by atoms with Gasteiger partial charge < -0.3 is 9.64 Å². The average molecular weight is 303 g/mol. The van der Waals surface area contributed by atoms with Crippen molar-refractivity contribution in [2.75, 3.05) is 33.8 Å². The van der Waals surface area contributed by atoms with Crippen LogP contribution in [0.3, 0.4) is 0 Å². The highest BCUT2D eigenvalue weighted by molar-refractivity contribution is 5.81. The van der Waals surface area contributed by atoms with Crippen LogP contribution in [0.5, 0.6) is 5.75 Å². The Hall–Kier alpha value is -2.06. The summed E-state index contributed by atoms with van der Waals surface area (Å²) in [6.45, 7) is 5.56. The Morgan fingerprint density at radius 1 is 1.27 bits per heavy atom. The smallest absolute Gasteiger partial charge is 0.239 e. The minimum atomic E-state index is -0.231. The lowest BCUT2D eigenvalue weighted by Crippen LogP contribution is -2.45. The topological polar surface area (TPSA) is 56.6 Å². The van der Waals surface area contributed by atoms with Gasteiger partial charge in [0.2, 0.25) is 5.91 Å². The van der Waals surface area contributed by atoms with E-state index in [4.69, 9.17) is 10.00 Å². The molecule has 1 aromatic rings. The highest BCUT2D eigenvalue weighted by Gasteiger charge is 2.21. The normalized spacial score (nSPS) is 11.8. The molecule has 1 aromatic carbocycles. The molecule has 0 radical (unpaired) electrons. The lowest BCUT2D eigenvalue weighted by molar-refractivity contribution is -0.134. The molecule has 0 N–H and O–H groups in total. The van der Waals surface area contributed by atoms with Crippen LogP contribution in [0.25, 0.3) is 0 Å². The van der Waals surface area contributed by atoms with Crippen molar-refractivity contribution < 1.29 is 9.53 Å². The molecule has 1 atom stereocenters. The fraction of sp³-hybridized carbons (Fsp3) is 0.529. The second-order valence-corrected chi connectivity index (χ2v) is 5.49. The zero-order valence-corrected chi connectivity index (χ0v) is 13.9. The SMILES string of the molecule is Cc1ccc(OCCN(C)C(C)C(=O)N(C)CCC#N)cc1. The number of carbonyl (C=O) groups is 1. The molecule has 0 heterocycles. The van der Waals surface area contributed by atoms with Gasteiger partial charge in [-0.2, -0.15) is 5.26 Å². The van der Waals surface area contributed by atoms with E-state index in [1.54, 1.807) is 11.9 Å². The van der Waals surface area contributed by atoms with Gasteiger partial charge in [0.05, 0.1) is 18.5 Å². The van der Waals surface area contributed by atoms with Crippen molar-refractivity contribution in [2.24, 2.45) is 0 Å². The van der Waals surface area contributed by atoms with E-state index in [1.807, 2.05) is 50.1 Å². The molecule has 5 nitrogen and oxygen atoms in total. The number of aryl methyl sites for hydroxylation is 1. The molecule has 0 aliphatic carbocycles. The maximum Gasteiger partial charge on any atom is 0.239 e.